The van der Waals surface area contributed by atoms with Gasteiger partial charge >= 0.3 is 0 Å². The largest absolute Gasteiger partial charge is 0.385 e. The summed E-state index contributed by atoms with van der Waals surface area (Å²) in [6.07, 6.45) is 3.54. The zero-order valence-electron chi connectivity index (χ0n) is 14.0. The minimum atomic E-state index is 0. The molecule has 1 atom stereocenters. The Morgan fingerprint density at radius 3 is 2.83 bits per heavy atom. The van der Waals surface area contributed by atoms with Crippen molar-refractivity contribution < 1.29 is 0 Å². The molecule has 0 aromatic heterocycles. The Hall–Kier alpha value is -1.02. The molecule has 0 bridgehead atoms. The van der Waals surface area contributed by atoms with Gasteiger partial charge in [0.2, 0.25) is 0 Å². The molecule has 5 nitrogen and oxygen atoms in total. The fourth-order valence-electron chi connectivity index (χ4n) is 2.87. The SMILES string of the molecule is CCN1CCCC1CN=C(N)NCCCNc1ccccc1.I. The molecule has 0 amide bonds. The van der Waals surface area contributed by atoms with Gasteiger partial charge in [0.05, 0.1) is 6.54 Å². The average molecular weight is 431 g/mol. The predicted molar refractivity (Wildman–Crippen MR) is 110 cm³/mol. The standard InChI is InChI=1S/C17H29N5.HI/c1-2-22-13-6-10-16(22)14-21-17(18)20-12-7-11-19-15-8-4-3-5-9-15;/h3-5,8-9,16,19H,2,6-7,10-14H2,1H3,(H3,18,20,21);1H. The third-order valence-electron chi connectivity index (χ3n) is 4.14. The first-order chi connectivity index (χ1) is 10.8. The second kappa shape index (κ2) is 11.5. The second-order valence-corrected chi connectivity index (χ2v) is 5.72. The van der Waals surface area contributed by atoms with Crippen LogP contribution >= 0.6 is 24.0 Å². The van der Waals surface area contributed by atoms with Crippen molar-refractivity contribution in [2.75, 3.05) is 38.0 Å². The summed E-state index contributed by atoms with van der Waals surface area (Å²) in [6.45, 7) is 7.11. The zero-order valence-corrected chi connectivity index (χ0v) is 16.3. The highest BCUT2D eigenvalue weighted by atomic mass is 127. The lowest BCUT2D eigenvalue weighted by Crippen LogP contribution is -2.36. The fraction of sp³-hybridized carbons (Fsp3) is 0.588. The van der Waals surface area contributed by atoms with Crippen molar-refractivity contribution in [3.63, 3.8) is 0 Å². The smallest absolute Gasteiger partial charge is 0.188 e. The number of anilines is 1. The molecule has 0 radical (unpaired) electrons. The van der Waals surface area contributed by atoms with E-state index in [4.69, 9.17) is 5.73 Å². The van der Waals surface area contributed by atoms with E-state index >= 15 is 0 Å². The van der Waals surface area contributed by atoms with Crippen LogP contribution in [0.1, 0.15) is 26.2 Å². The third kappa shape index (κ3) is 7.39. The summed E-state index contributed by atoms with van der Waals surface area (Å²) in [4.78, 5) is 6.97. The number of nitrogens with two attached hydrogens (primary N) is 1. The Labute approximate surface area is 157 Å². The minimum Gasteiger partial charge on any atom is -0.385 e. The van der Waals surface area contributed by atoms with E-state index in [0.717, 1.165) is 38.3 Å². The molecule has 1 fully saturated rings. The Balaban J connectivity index is 0.00000264. The maximum absolute atomic E-state index is 5.93. The quantitative estimate of drug-likeness (QED) is 0.256. The molecule has 4 N–H and O–H groups in total. The van der Waals surface area contributed by atoms with E-state index in [1.54, 1.807) is 0 Å². The summed E-state index contributed by atoms with van der Waals surface area (Å²) in [5.74, 6) is 0.572. The van der Waals surface area contributed by atoms with Crippen LogP contribution in [0.5, 0.6) is 0 Å². The van der Waals surface area contributed by atoms with Crippen molar-refractivity contribution in [2.24, 2.45) is 10.7 Å². The van der Waals surface area contributed by atoms with Crippen molar-refractivity contribution in [2.45, 2.75) is 32.2 Å². The molecule has 1 aromatic rings. The van der Waals surface area contributed by atoms with Crippen molar-refractivity contribution in [1.29, 1.82) is 0 Å². The van der Waals surface area contributed by atoms with Gasteiger partial charge in [-0.2, -0.15) is 0 Å². The number of nitrogens with zero attached hydrogens (tertiary/aromatic N) is 2. The zero-order chi connectivity index (χ0) is 15.6. The number of hydrogen-bond acceptors (Lipinski definition) is 3. The summed E-state index contributed by atoms with van der Waals surface area (Å²) in [5, 5.41) is 6.58. The summed E-state index contributed by atoms with van der Waals surface area (Å²) in [7, 11) is 0. The number of guanidine groups is 1. The van der Waals surface area contributed by atoms with E-state index < -0.39 is 0 Å². The number of hydrogen-bond donors (Lipinski definition) is 3. The molecule has 1 aromatic carbocycles. The number of para-hydroxylation sites is 1. The van der Waals surface area contributed by atoms with Gasteiger partial charge in [-0.3, -0.25) is 9.89 Å². The number of likely N-dealkylation sites (N-methyl/N-ethyl adjacent to an activating group) is 1. The maximum atomic E-state index is 5.93. The number of halogens is 1. The predicted octanol–water partition coefficient (Wildman–Crippen LogP) is 2.50. The van der Waals surface area contributed by atoms with E-state index in [1.807, 2.05) is 18.2 Å². The first kappa shape index (κ1) is 20.0. The van der Waals surface area contributed by atoms with Gasteiger partial charge in [0.15, 0.2) is 5.96 Å². The first-order valence-electron chi connectivity index (χ1n) is 8.36. The Morgan fingerprint density at radius 2 is 2.09 bits per heavy atom. The number of benzene rings is 1. The maximum Gasteiger partial charge on any atom is 0.188 e. The molecule has 0 spiro atoms. The molecule has 0 aliphatic carbocycles. The third-order valence-corrected chi connectivity index (χ3v) is 4.14. The molecule has 23 heavy (non-hydrogen) atoms. The van der Waals surface area contributed by atoms with Crippen LogP contribution in [0.15, 0.2) is 35.3 Å². The van der Waals surface area contributed by atoms with E-state index in [0.29, 0.717) is 12.0 Å². The molecule has 1 unspecified atom stereocenters. The second-order valence-electron chi connectivity index (χ2n) is 5.72. The topological polar surface area (TPSA) is 65.7 Å². The molecule has 0 saturated carbocycles. The van der Waals surface area contributed by atoms with E-state index in [-0.39, 0.29) is 24.0 Å². The summed E-state index contributed by atoms with van der Waals surface area (Å²) in [5.41, 5.74) is 7.09. The fourth-order valence-corrected chi connectivity index (χ4v) is 2.87. The van der Waals surface area contributed by atoms with Crippen LogP contribution in [0.3, 0.4) is 0 Å². The Kier molecular flexibility index (Phi) is 10.0. The lowest BCUT2D eigenvalue weighted by molar-refractivity contribution is 0.273. The summed E-state index contributed by atoms with van der Waals surface area (Å²) in [6, 6.07) is 10.8. The van der Waals surface area contributed by atoms with E-state index in [2.05, 4.69) is 39.6 Å². The lowest BCUT2D eigenvalue weighted by atomic mass is 10.2. The van der Waals surface area contributed by atoms with Crippen molar-refractivity contribution in [3.8, 4) is 0 Å². The van der Waals surface area contributed by atoms with Crippen LogP contribution < -0.4 is 16.4 Å². The number of rotatable bonds is 8. The van der Waals surface area contributed by atoms with Crippen LogP contribution in [-0.4, -0.2) is 49.6 Å². The molecular formula is C17H30IN5. The monoisotopic (exact) mass is 431 g/mol. The average Bonchev–Trinajstić information content (AvgIpc) is 3.01. The van der Waals surface area contributed by atoms with Crippen LogP contribution in [0, 0.1) is 0 Å². The number of nitrogens with one attached hydrogen (secondary N) is 2. The first-order valence-corrected chi connectivity index (χ1v) is 8.36. The molecule has 6 heteroatoms. The van der Waals surface area contributed by atoms with Crippen molar-refractivity contribution in [3.05, 3.63) is 30.3 Å². The lowest BCUT2D eigenvalue weighted by Gasteiger charge is -2.20. The molecule has 1 saturated heterocycles. The van der Waals surface area contributed by atoms with Crippen LogP contribution in [-0.2, 0) is 0 Å². The van der Waals surface area contributed by atoms with Gasteiger partial charge in [0.25, 0.3) is 0 Å². The van der Waals surface area contributed by atoms with Gasteiger partial charge in [-0.05, 0) is 44.5 Å². The Morgan fingerprint density at radius 1 is 1.30 bits per heavy atom. The molecule has 130 valence electrons. The van der Waals surface area contributed by atoms with Crippen molar-refractivity contribution in [1.82, 2.24) is 10.2 Å². The van der Waals surface area contributed by atoms with Crippen LogP contribution in [0.25, 0.3) is 0 Å². The van der Waals surface area contributed by atoms with Gasteiger partial charge in [-0.1, -0.05) is 25.1 Å². The van der Waals surface area contributed by atoms with Gasteiger partial charge in [-0.25, -0.2) is 0 Å². The highest BCUT2D eigenvalue weighted by Gasteiger charge is 2.22. The van der Waals surface area contributed by atoms with Crippen molar-refractivity contribution >= 4 is 35.6 Å². The molecule has 1 heterocycles. The van der Waals surface area contributed by atoms with Gasteiger partial charge in [0.1, 0.15) is 0 Å². The highest BCUT2D eigenvalue weighted by Crippen LogP contribution is 2.16. The molecular weight excluding hydrogens is 401 g/mol. The normalized spacial score (nSPS) is 18.5. The van der Waals surface area contributed by atoms with Gasteiger partial charge in [-0.15, -0.1) is 24.0 Å². The molecule has 1 aliphatic heterocycles. The minimum absolute atomic E-state index is 0. The van der Waals surface area contributed by atoms with Crippen LogP contribution in [0.2, 0.25) is 0 Å². The van der Waals surface area contributed by atoms with Gasteiger partial charge in [0, 0.05) is 24.8 Å². The van der Waals surface area contributed by atoms with E-state index in [9.17, 15) is 0 Å². The number of aliphatic imine (C=N–C) groups is 1. The number of likely N-dealkylation sites (tertiary alicyclic amines) is 1. The molecule has 2 rings (SSSR count). The summed E-state index contributed by atoms with van der Waals surface area (Å²) < 4.78 is 0. The molecule has 1 aliphatic rings. The summed E-state index contributed by atoms with van der Waals surface area (Å²) >= 11 is 0. The van der Waals surface area contributed by atoms with Gasteiger partial charge < -0.3 is 16.4 Å². The highest BCUT2D eigenvalue weighted by molar-refractivity contribution is 14.0. The Bertz CT molecular complexity index is 452. The van der Waals surface area contributed by atoms with E-state index in [1.165, 1.54) is 19.4 Å². The van der Waals surface area contributed by atoms with Crippen LogP contribution in [0.4, 0.5) is 5.69 Å².